The van der Waals surface area contributed by atoms with E-state index in [1.54, 1.807) is 6.07 Å². The van der Waals surface area contributed by atoms with Crippen molar-refractivity contribution in [3.05, 3.63) is 11.8 Å². The van der Waals surface area contributed by atoms with Crippen LogP contribution >= 0.6 is 0 Å². The van der Waals surface area contributed by atoms with Gasteiger partial charge in [-0.3, -0.25) is 0 Å². The molecule has 2 amide bonds. The Hall–Kier alpha value is -1.52. The van der Waals surface area contributed by atoms with Gasteiger partial charge in [-0.1, -0.05) is 0 Å². The second-order valence-corrected chi connectivity index (χ2v) is 1.98. The van der Waals surface area contributed by atoms with Crippen molar-refractivity contribution in [1.29, 1.82) is 0 Å². The van der Waals surface area contributed by atoms with Gasteiger partial charge in [-0.25, -0.2) is 9.89 Å². The zero-order chi connectivity index (χ0) is 7.56. The zero-order valence-corrected chi connectivity index (χ0v) is 5.56. The lowest BCUT2D eigenvalue weighted by Crippen LogP contribution is -2.23. The first-order chi connectivity index (χ1) is 4.68. The number of aromatic nitrogens is 2. The summed E-state index contributed by atoms with van der Waals surface area (Å²) >= 11 is 0. The first-order valence-corrected chi connectivity index (χ1v) is 2.82. The summed E-state index contributed by atoms with van der Waals surface area (Å²) in [5.41, 5.74) is 5.78. The number of nitrogens with two attached hydrogens (primary N) is 1. The molecule has 0 spiro atoms. The number of aromatic amines is 2. The summed E-state index contributed by atoms with van der Waals surface area (Å²) in [5.74, 6) is 0.574. The lowest BCUT2D eigenvalue weighted by atomic mass is 10.5. The lowest BCUT2D eigenvalue weighted by molar-refractivity contribution is -0.434. The van der Waals surface area contributed by atoms with Gasteiger partial charge in [0.25, 0.3) is 0 Å². The fourth-order valence-corrected chi connectivity index (χ4v) is 0.655. The molecular weight excluding hydrogens is 132 g/mol. The third-order valence-electron chi connectivity index (χ3n) is 1.01. The molecule has 1 heterocycles. The average molecular weight is 141 g/mol. The van der Waals surface area contributed by atoms with E-state index in [9.17, 15) is 4.79 Å². The van der Waals surface area contributed by atoms with E-state index >= 15 is 0 Å². The maximum atomic E-state index is 10.3. The largest absolute Gasteiger partial charge is 0.404 e. The maximum absolute atomic E-state index is 10.3. The minimum Gasteiger partial charge on any atom is -0.331 e. The summed E-state index contributed by atoms with van der Waals surface area (Å²) < 4.78 is 0. The third kappa shape index (κ3) is 1.48. The standard InChI is InChI=1S/C5H8N4O/c1-3-2-4(9-8-3)7-5(6)10/h2H,1H3,(H4,6,7,8,9,10)/p+1. The van der Waals surface area contributed by atoms with E-state index in [1.807, 2.05) is 6.92 Å². The average Bonchev–Trinajstić information content (AvgIpc) is 2.13. The molecule has 0 atom stereocenters. The van der Waals surface area contributed by atoms with Gasteiger partial charge in [0.15, 0.2) is 0 Å². The van der Waals surface area contributed by atoms with Crippen molar-refractivity contribution in [1.82, 2.24) is 5.10 Å². The number of nitrogens with one attached hydrogen (secondary N) is 3. The number of urea groups is 1. The number of anilines is 1. The minimum atomic E-state index is -0.574. The van der Waals surface area contributed by atoms with Crippen molar-refractivity contribution in [2.24, 2.45) is 5.73 Å². The Labute approximate surface area is 57.6 Å². The topological polar surface area (TPSA) is 85.0 Å². The van der Waals surface area contributed by atoms with Crippen LogP contribution < -0.4 is 16.1 Å². The van der Waals surface area contributed by atoms with Crippen LogP contribution in [0.1, 0.15) is 5.69 Å². The number of carbonyl (C=O) groups is 1. The number of hydrogen-bond donors (Lipinski definition) is 3. The highest BCUT2D eigenvalue weighted by Gasteiger charge is 2.05. The number of amides is 2. The molecule has 5 nitrogen and oxygen atoms in total. The molecule has 5 heteroatoms. The molecule has 54 valence electrons. The van der Waals surface area contributed by atoms with Crippen LogP contribution in [-0.2, 0) is 0 Å². The van der Waals surface area contributed by atoms with Crippen LogP contribution in [-0.4, -0.2) is 11.1 Å². The van der Waals surface area contributed by atoms with Crippen LogP contribution in [0.4, 0.5) is 10.6 Å². The van der Waals surface area contributed by atoms with Crippen molar-refractivity contribution in [3.8, 4) is 0 Å². The maximum Gasteiger partial charge on any atom is 0.404 e. The predicted octanol–water partition coefficient (Wildman–Crippen LogP) is -0.372. The molecule has 10 heavy (non-hydrogen) atoms. The zero-order valence-electron chi connectivity index (χ0n) is 5.56. The SMILES string of the molecule is Cc1cc(NC(N)=O)[nH+][nH]1. The predicted molar refractivity (Wildman–Crippen MR) is 35.3 cm³/mol. The highest BCUT2D eigenvalue weighted by molar-refractivity contribution is 5.85. The van der Waals surface area contributed by atoms with Crippen molar-refractivity contribution in [2.75, 3.05) is 5.32 Å². The first kappa shape index (κ1) is 6.60. The van der Waals surface area contributed by atoms with Gasteiger partial charge in [0.1, 0.15) is 0 Å². The lowest BCUT2D eigenvalue weighted by Gasteiger charge is -1.82. The van der Waals surface area contributed by atoms with Crippen molar-refractivity contribution >= 4 is 11.8 Å². The number of carbonyl (C=O) groups excluding carboxylic acids is 1. The number of primary amides is 1. The molecule has 0 unspecified atom stereocenters. The normalized spacial score (nSPS) is 9.30. The Bertz CT molecular complexity index is 242. The van der Waals surface area contributed by atoms with Gasteiger partial charge < -0.3 is 5.73 Å². The van der Waals surface area contributed by atoms with E-state index in [2.05, 4.69) is 15.5 Å². The van der Waals surface area contributed by atoms with Crippen LogP contribution in [0.25, 0.3) is 0 Å². The molecular formula is C5H9N4O+. The Balaban J connectivity index is 2.67. The monoisotopic (exact) mass is 141 g/mol. The van der Waals surface area contributed by atoms with Gasteiger partial charge in [0.2, 0.25) is 0 Å². The van der Waals surface area contributed by atoms with Crippen LogP contribution in [0.2, 0.25) is 0 Å². The summed E-state index contributed by atoms with van der Waals surface area (Å²) in [7, 11) is 0. The quantitative estimate of drug-likeness (QED) is 0.489. The number of rotatable bonds is 1. The number of H-pyrrole nitrogens is 2. The molecule has 0 aliphatic carbocycles. The van der Waals surface area contributed by atoms with Crippen LogP contribution in [0, 0.1) is 6.92 Å². The van der Waals surface area contributed by atoms with E-state index in [-0.39, 0.29) is 0 Å². The minimum absolute atomic E-state index is 0.574. The summed E-state index contributed by atoms with van der Waals surface area (Å²) in [6.07, 6.45) is 0. The van der Waals surface area contributed by atoms with Gasteiger partial charge >= 0.3 is 11.8 Å². The molecule has 0 aromatic carbocycles. The van der Waals surface area contributed by atoms with Crippen LogP contribution in [0.3, 0.4) is 0 Å². The van der Waals surface area contributed by atoms with E-state index in [0.29, 0.717) is 5.82 Å². The Morgan fingerprint density at radius 2 is 2.60 bits per heavy atom. The van der Waals surface area contributed by atoms with Crippen LogP contribution in [0.15, 0.2) is 6.07 Å². The van der Waals surface area contributed by atoms with Gasteiger partial charge in [-0.05, 0) is 6.92 Å². The highest BCUT2D eigenvalue weighted by Crippen LogP contribution is 1.97. The molecule has 0 aliphatic heterocycles. The second-order valence-electron chi connectivity index (χ2n) is 1.98. The molecule has 0 bridgehead atoms. The van der Waals surface area contributed by atoms with E-state index < -0.39 is 6.03 Å². The summed E-state index contributed by atoms with van der Waals surface area (Å²) in [4.78, 5) is 10.3. The highest BCUT2D eigenvalue weighted by atomic mass is 16.2. The molecule has 1 aromatic heterocycles. The Kier molecular flexibility index (Phi) is 1.57. The van der Waals surface area contributed by atoms with E-state index in [1.165, 1.54) is 0 Å². The van der Waals surface area contributed by atoms with Gasteiger partial charge in [-0.15, -0.1) is 0 Å². The molecule has 0 saturated heterocycles. The molecule has 0 aliphatic rings. The Morgan fingerprint density at radius 1 is 1.90 bits per heavy atom. The Morgan fingerprint density at radius 3 is 3.00 bits per heavy atom. The summed E-state index contributed by atoms with van der Waals surface area (Å²) in [5, 5.41) is 7.86. The van der Waals surface area contributed by atoms with Gasteiger partial charge in [0, 0.05) is 0 Å². The molecule has 0 radical (unpaired) electrons. The van der Waals surface area contributed by atoms with Crippen molar-refractivity contribution in [2.45, 2.75) is 6.92 Å². The molecule has 0 saturated carbocycles. The van der Waals surface area contributed by atoms with E-state index in [4.69, 9.17) is 5.73 Å². The second kappa shape index (κ2) is 2.38. The van der Waals surface area contributed by atoms with Crippen LogP contribution in [0.5, 0.6) is 0 Å². The third-order valence-corrected chi connectivity index (χ3v) is 1.01. The van der Waals surface area contributed by atoms with Crippen molar-refractivity contribution < 1.29 is 9.89 Å². The molecule has 1 rings (SSSR count). The molecule has 0 fully saturated rings. The smallest absolute Gasteiger partial charge is 0.331 e. The van der Waals surface area contributed by atoms with Gasteiger partial charge in [0.05, 0.1) is 11.8 Å². The fraction of sp³-hybridized carbons (Fsp3) is 0.200. The molecule has 5 N–H and O–H groups in total. The first-order valence-electron chi connectivity index (χ1n) is 2.82. The number of aryl methyl sites for hydroxylation is 1. The summed E-state index contributed by atoms with van der Waals surface area (Å²) in [6.45, 7) is 1.86. The van der Waals surface area contributed by atoms with Gasteiger partial charge in [-0.2, -0.15) is 10.4 Å². The fourth-order valence-electron chi connectivity index (χ4n) is 0.655. The number of hydrogen-bond acceptors (Lipinski definition) is 1. The van der Waals surface area contributed by atoms with E-state index in [0.717, 1.165) is 5.69 Å². The van der Waals surface area contributed by atoms with Crippen molar-refractivity contribution in [3.63, 3.8) is 0 Å². The summed E-state index contributed by atoms with van der Waals surface area (Å²) in [6, 6.07) is 1.17. The molecule has 1 aromatic rings.